The van der Waals surface area contributed by atoms with Crippen LogP contribution in [0.25, 0.3) is 11.3 Å². The number of hydrogen-bond acceptors (Lipinski definition) is 10. The van der Waals surface area contributed by atoms with Crippen molar-refractivity contribution in [2.24, 2.45) is 22.7 Å². The Bertz CT molecular complexity index is 1410. The number of fused-ring (bicyclic) bond motifs is 4. The van der Waals surface area contributed by atoms with Gasteiger partial charge in [0.25, 0.3) is 0 Å². The lowest BCUT2D eigenvalue weighted by molar-refractivity contribution is -0.271. The van der Waals surface area contributed by atoms with Gasteiger partial charge in [-0.05, 0) is 56.1 Å². The first-order valence-electron chi connectivity index (χ1n) is 15.2. The number of nitrogens with zero attached hydrogens (tertiary/aromatic N) is 1. The number of esters is 2. The SMILES string of the molecule is CCCCOC[C@@]1(C)[C@@H]2C[C@H](OC(C)=O)[C@@]3(C)Oc4cc(-c5cccnc5)oc(=O)c4[C@H](O)[C@@H]3[C@@]2(C)CC[C@@H]1OC(C)=O. The predicted molar refractivity (Wildman–Crippen MR) is 156 cm³/mol. The molecule has 0 amide bonds. The third-order valence-corrected chi connectivity index (χ3v) is 10.2. The van der Waals surface area contributed by atoms with Gasteiger partial charge in [0.05, 0.1) is 12.7 Å². The Balaban J connectivity index is 1.63. The highest BCUT2D eigenvalue weighted by Crippen LogP contribution is 2.67. The standard InChI is InChI=1S/C33H43NO9/c1-7-8-14-39-18-32(5)24-16-26(41-20(3)36)33(6)29(31(24,4)12-11-25(32)40-19(2)35)28(37)27-23(43-33)15-22(42-30(27)38)21-10-9-13-34-17-21/h9-10,13,15,17,24-26,28-29,37H,7-8,11-12,14,16,18H2,1-6H3/t24-,25+,26+,28+,29-,31+,32+,33-/m1/s1. The average Bonchev–Trinajstić information content (AvgIpc) is 2.93. The molecule has 5 rings (SSSR count). The van der Waals surface area contributed by atoms with E-state index in [2.05, 4.69) is 25.8 Å². The normalized spacial score (nSPS) is 34.6. The monoisotopic (exact) mass is 597 g/mol. The fourth-order valence-corrected chi connectivity index (χ4v) is 8.32. The molecule has 10 heteroatoms. The maximum Gasteiger partial charge on any atom is 0.345 e. The summed E-state index contributed by atoms with van der Waals surface area (Å²) in [6.07, 6.45) is 4.12. The molecule has 43 heavy (non-hydrogen) atoms. The van der Waals surface area contributed by atoms with Gasteiger partial charge in [-0.2, -0.15) is 0 Å². The van der Waals surface area contributed by atoms with E-state index in [-0.39, 0.29) is 29.0 Å². The van der Waals surface area contributed by atoms with Crippen LogP contribution >= 0.6 is 0 Å². The van der Waals surface area contributed by atoms with Gasteiger partial charge in [-0.3, -0.25) is 14.6 Å². The molecule has 1 N–H and O–H groups in total. The lowest BCUT2D eigenvalue weighted by Gasteiger charge is -2.66. The number of carbonyl (C=O) groups excluding carboxylic acids is 2. The molecule has 2 aromatic heterocycles. The summed E-state index contributed by atoms with van der Waals surface area (Å²) in [5, 5.41) is 12.1. The van der Waals surface area contributed by atoms with Crippen molar-refractivity contribution in [3.8, 4) is 17.1 Å². The van der Waals surface area contributed by atoms with Crippen molar-refractivity contribution in [3.05, 3.63) is 46.6 Å². The molecule has 0 spiro atoms. The molecule has 10 nitrogen and oxygen atoms in total. The fraction of sp³-hybridized carbons (Fsp3) is 0.636. The molecule has 2 saturated carbocycles. The van der Waals surface area contributed by atoms with E-state index in [1.807, 2.05) is 6.92 Å². The van der Waals surface area contributed by atoms with Crippen LogP contribution in [0.15, 0.2) is 39.8 Å². The molecule has 8 atom stereocenters. The highest BCUT2D eigenvalue weighted by Gasteiger charge is 2.70. The quantitative estimate of drug-likeness (QED) is 0.327. The van der Waals surface area contributed by atoms with Crippen LogP contribution in [0.2, 0.25) is 0 Å². The molecule has 0 aromatic carbocycles. The van der Waals surface area contributed by atoms with Gasteiger partial charge in [-0.25, -0.2) is 4.79 Å². The highest BCUT2D eigenvalue weighted by molar-refractivity contribution is 5.67. The number of ether oxygens (including phenoxy) is 4. The number of aliphatic hydroxyl groups is 1. The minimum absolute atomic E-state index is 0.0431. The zero-order valence-electron chi connectivity index (χ0n) is 25.9. The number of unbranched alkanes of at least 4 members (excludes halogenated alkanes) is 1. The van der Waals surface area contributed by atoms with Gasteiger partial charge in [-0.15, -0.1) is 0 Å². The average molecular weight is 598 g/mol. The first-order valence-corrected chi connectivity index (χ1v) is 15.2. The molecule has 234 valence electrons. The molecule has 2 aromatic rings. The van der Waals surface area contributed by atoms with Crippen molar-refractivity contribution in [1.29, 1.82) is 0 Å². The van der Waals surface area contributed by atoms with Gasteiger partial charge >= 0.3 is 17.6 Å². The lowest BCUT2D eigenvalue weighted by Crippen LogP contribution is -2.71. The number of aliphatic hydroxyl groups excluding tert-OH is 1. The van der Waals surface area contributed by atoms with Crippen LogP contribution in [0.3, 0.4) is 0 Å². The molecule has 2 fully saturated rings. The van der Waals surface area contributed by atoms with Crippen molar-refractivity contribution >= 4 is 11.9 Å². The summed E-state index contributed by atoms with van der Waals surface area (Å²) in [6, 6.07) is 5.09. The second kappa shape index (κ2) is 11.7. The molecule has 0 radical (unpaired) electrons. The highest BCUT2D eigenvalue weighted by atomic mass is 16.6. The summed E-state index contributed by atoms with van der Waals surface area (Å²) < 4.78 is 30.5. The van der Waals surface area contributed by atoms with E-state index < -0.39 is 52.3 Å². The van der Waals surface area contributed by atoms with Crippen LogP contribution in [0, 0.1) is 22.7 Å². The Morgan fingerprint density at radius 1 is 1.14 bits per heavy atom. The van der Waals surface area contributed by atoms with E-state index >= 15 is 0 Å². The largest absolute Gasteiger partial charge is 0.482 e. The van der Waals surface area contributed by atoms with Crippen LogP contribution in [0.5, 0.6) is 5.75 Å². The molecule has 0 saturated heterocycles. The Morgan fingerprint density at radius 2 is 1.86 bits per heavy atom. The van der Waals surface area contributed by atoms with Crippen LogP contribution in [0.1, 0.15) is 85.3 Å². The molecule has 1 aliphatic heterocycles. The minimum atomic E-state index is -1.27. The van der Waals surface area contributed by atoms with Gasteiger partial charge in [-0.1, -0.05) is 27.2 Å². The second-order valence-electron chi connectivity index (χ2n) is 13.1. The van der Waals surface area contributed by atoms with Crippen molar-refractivity contribution in [3.63, 3.8) is 0 Å². The third-order valence-electron chi connectivity index (χ3n) is 10.2. The summed E-state index contributed by atoms with van der Waals surface area (Å²) in [5.41, 5.74) is -2.52. The Hall–Kier alpha value is -3.24. The van der Waals surface area contributed by atoms with Gasteiger partial charge in [0.15, 0.2) is 0 Å². The number of aromatic nitrogens is 1. The minimum Gasteiger partial charge on any atom is -0.482 e. The molecule has 3 aliphatic rings. The fourth-order valence-electron chi connectivity index (χ4n) is 8.32. The summed E-state index contributed by atoms with van der Waals surface area (Å²) in [5.74, 6) is -1.27. The van der Waals surface area contributed by atoms with Crippen LogP contribution in [-0.2, 0) is 23.8 Å². The van der Waals surface area contributed by atoms with Crippen LogP contribution in [-0.4, -0.2) is 53.1 Å². The topological polar surface area (TPSA) is 134 Å². The van der Waals surface area contributed by atoms with Crippen molar-refractivity contribution in [2.45, 2.75) is 97.6 Å². The number of pyridine rings is 1. The molecular formula is C33H43NO9. The Labute approximate surface area is 252 Å². The first-order chi connectivity index (χ1) is 20.3. The van der Waals surface area contributed by atoms with E-state index in [4.69, 9.17) is 23.4 Å². The zero-order chi connectivity index (χ0) is 31.2. The maximum atomic E-state index is 13.5. The van der Waals surface area contributed by atoms with Gasteiger partial charge < -0.3 is 28.5 Å². The van der Waals surface area contributed by atoms with Crippen molar-refractivity contribution < 1.29 is 38.1 Å². The molecular weight excluding hydrogens is 554 g/mol. The summed E-state index contributed by atoms with van der Waals surface area (Å²) in [4.78, 5) is 42.3. The van der Waals surface area contributed by atoms with E-state index in [0.29, 0.717) is 38.0 Å². The maximum absolute atomic E-state index is 13.5. The smallest absolute Gasteiger partial charge is 0.345 e. The van der Waals surface area contributed by atoms with Gasteiger partial charge in [0.1, 0.15) is 34.9 Å². The molecule has 0 unspecified atom stereocenters. The number of rotatable bonds is 8. The second-order valence-corrected chi connectivity index (χ2v) is 13.1. The van der Waals surface area contributed by atoms with Crippen molar-refractivity contribution in [1.82, 2.24) is 4.98 Å². The first kappa shape index (κ1) is 31.2. The summed E-state index contributed by atoms with van der Waals surface area (Å²) in [6.45, 7) is 11.7. The molecule has 3 heterocycles. The molecule has 2 aliphatic carbocycles. The van der Waals surface area contributed by atoms with Gasteiger partial charge in [0.2, 0.25) is 0 Å². The van der Waals surface area contributed by atoms with E-state index in [1.165, 1.54) is 13.8 Å². The van der Waals surface area contributed by atoms with Gasteiger partial charge in [0, 0.05) is 55.8 Å². The molecule has 0 bridgehead atoms. The van der Waals surface area contributed by atoms with Crippen LogP contribution in [0.4, 0.5) is 0 Å². The van der Waals surface area contributed by atoms with E-state index in [0.717, 1.165) is 12.8 Å². The zero-order valence-corrected chi connectivity index (χ0v) is 25.9. The van der Waals surface area contributed by atoms with Crippen molar-refractivity contribution in [2.75, 3.05) is 13.2 Å². The van der Waals surface area contributed by atoms with E-state index in [9.17, 15) is 19.5 Å². The number of hydrogen-bond donors (Lipinski definition) is 1. The lowest BCUT2D eigenvalue weighted by atomic mass is 9.42. The Morgan fingerprint density at radius 3 is 2.51 bits per heavy atom. The summed E-state index contributed by atoms with van der Waals surface area (Å²) in [7, 11) is 0. The summed E-state index contributed by atoms with van der Waals surface area (Å²) >= 11 is 0. The number of carbonyl (C=O) groups is 2. The Kier molecular flexibility index (Phi) is 8.48. The predicted octanol–water partition coefficient (Wildman–Crippen LogP) is 5.01. The third kappa shape index (κ3) is 5.37. The van der Waals surface area contributed by atoms with Crippen LogP contribution < -0.4 is 10.4 Å². The van der Waals surface area contributed by atoms with E-state index in [1.54, 1.807) is 30.6 Å².